The number of hydrogen-bond acceptors (Lipinski definition) is 1. The molecule has 0 aromatic rings. The summed E-state index contributed by atoms with van der Waals surface area (Å²) in [6.07, 6.45) is 6.10. The number of hydrogen-bond donors (Lipinski definition) is 0. The lowest BCUT2D eigenvalue weighted by Gasteiger charge is -2.12. The highest BCUT2D eigenvalue weighted by Gasteiger charge is 1.93. The molecule has 0 radical (unpaired) electrons. The molecule has 0 aliphatic carbocycles. The lowest BCUT2D eigenvalue weighted by Crippen LogP contribution is -2.19. The van der Waals surface area contributed by atoms with Crippen LogP contribution in [0.15, 0.2) is 41.7 Å². The van der Waals surface area contributed by atoms with Gasteiger partial charge in [0.25, 0.3) is 0 Å². The molecule has 0 bridgehead atoms. The summed E-state index contributed by atoms with van der Waals surface area (Å²) >= 11 is 0. The molecule has 1 heteroatoms. The summed E-state index contributed by atoms with van der Waals surface area (Å²) in [5, 5.41) is 0. The molecule has 1 nitrogen and oxygen atoms in total. The minimum absolute atomic E-state index is 0.917. The molecule has 0 atom stereocenters. The Balaban J connectivity index is 3.93. The zero-order valence-corrected chi connectivity index (χ0v) is 9.80. The van der Waals surface area contributed by atoms with E-state index in [-0.39, 0.29) is 0 Å². The van der Waals surface area contributed by atoms with Crippen molar-refractivity contribution in [1.82, 2.24) is 4.90 Å². The second kappa shape index (κ2) is 7.37. The molecule has 0 rings (SSSR count). The first kappa shape index (κ1) is 13.0. The van der Waals surface area contributed by atoms with Crippen LogP contribution in [-0.4, -0.2) is 25.0 Å². The Hall–Kier alpha value is -1.04. The molecule has 0 fully saturated rings. The van der Waals surface area contributed by atoms with Crippen LogP contribution in [0.2, 0.25) is 0 Å². The van der Waals surface area contributed by atoms with Gasteiger partial charge in [0.15, 0.2) is 0 Å². The SMILES string of the molecule is C=C(C)CN(C)CC=C=C/C(C)=C/C. The van der Waals surface area contributed by atoms with Gasteiger partial charge in [-0.05, 0) is 45.5 Å². The van der Waals surface area contributed by atoms with E-state index in [9.17, 15) is 0 Å². The van der Waals surface area contributed by atoms with Crippen LogP contribution in [0.4, 0.5) is 0 Å². The average Bonchev–Trinajstić information content (AvgIpc) is 2.10. The zero-order chi connectivity index (χ0) is 11.0. The minimum Gasteiger partial charge on any atom is -0.298 e. The molecule has 14 heavy (non-hydrogen) atoms. The maximum absolute atomic E-state index is 3.87. The summed E-state index contributed by atoms with van der Waals surface area (Å²) in [6, 6.07) is 0. The van der Waals surface area contributed by atoms with Gasteiger partial charge in [-0.1, -0.05) is 18.2 Å². The average molecular weight is 191 g/mol. The molecular weight excluding hydrogens is 170 g/mol. The van der Waals surface area contributed by atoms with E-state index < -0.39 is 0 Å². The summed E-state index contributed by atoms with van der Waals surface area (Å²) in [5.41, 5.74) is 5.58. The largest absolute Gasteiger partial charge is 0.298 e. The van der Waals surface area contributed by atoms with E-state index in [0.29, 0.717) is 0 Å². The Kier molecular flexibility index (Phi) is 6.82. The van der Waals surface area contributed by atoms with Crippen molar-refractivity contribution < 1.29 is 0 Å². The summed E-state index contributed by atoms with van der Waals surface area (Å²) in [4.78, 5) is 2.20. The van der Waals surface area contributed by atoms with E-state index in [0.717, 1.165) is 13.1 Å². The second-order valence-electron chi connectivity index (χ2n) is 3.70. The Labute approximate surface area is 88.1 Å². The van der Waals surface area contributed by atoms with Crippen molar-refractivity contribution in [2.45, 2.75) is 20.8 Å². The summed E-state index contributed by atoms with van der Waals surface area (Å²) < 4.78 is 0. The van der Waals surface area contributed by atoms with Crippen LogP contribution in [-0.2, 0) is 0 Å². The Bertz CT molecular complexity index is 265. The fourth-order valence-corrected chi connectivity index (χ4v) is 1.01. The number of allylic oxidation sites excluding steroid dienone is 2. The highest BCUT2D eigenvalue weighted by atomic mass is 15.1. The first-order chi connectivity index (χ1) is 6.56. The van der Waals surface area contributed by atoms with Gasteiger partial charge in [0.05, 0.1) is 0 Å². The molecule has 0 heterocycles. The molecule has 0 spiro atoms. The number of likely N-dealkylation sites (N-methyl/N-ethyl adjacent to an activating group) is 1. The lowest BCUT2D eigenvalue weighted by atomic mass is 10.3. The summed E-state index contributed by atoms with van der Waals surface area (Å²) in [7, 11) is 2.08. The third-order valence-electron chi connectivity index (χ3n) is 1.83. The van der Waals surface area contributed by atoms with Gasteiger partial charge >= 0.3 is 0 Å². The van der Waals surface area contributed by atoms with E-state index in [1.165, 1.54) is 11.1 Å². The van der Waals surface area contributed by atoms with E-state index in [1.54, 1.807) is 0 Å². The molecule has 0 aromatic heterocycles. The van der Waals surface area contributed by atoms with Crippen molar-refractivity contribution >= 4 is 0 Å². The molecule has 0 aliphatic rings. The Morgan fingerprint density at radius 2 is 2.07 bits per heavy atom. The Morgan fingerprint density at radius 1 is 1.43 bits per heavy atom. The second-order valence-corrected chi connectivity index (χ2v) is 3.70. The van der Waals surface area contributed by atoms with Crippen molar-refractivity contribution in [2.24, 2.45) is 0 Å². The van der Waals surface area contributed by atoms with E-state index in [4.69, 9.17) is 0 Å². The highest BCUT2D eigenvalue weighted by Crippen LogP contribution is 1.93. The fourth-order valence-electron chi connectivity index (χ4n) is 1.01. The predicted molar refractivity (Wildman–Crippen MR) is 64.4 cm³/mol. The lowest BCUT2D eigenvalue weighted by molar-refractivity contribution is 0.403. The topological polar surface area (TPSA) is 3.24 Å². The van der Waals surface area contributed by atoms with Crippen LogP contribution in [0, 0.1) is 0 Å². The highest BCUT2D eigenvalue weighted by molar-refractivity contribution is 5.14. The van der Waals surface area contributed by atoms with E-state index >= 15 is 0 Å². The third kappa shape index (κ3) is 7.60. The van der Waals surface area contributed by atoms with Crippen molar-refractivity contribution in [3.63, 3.8) is 0 Å². The van der Waals surface area contributed by atoms with Crippen LogP contribution >= 0.6 is 0 Å². The minimum atomic E-state index is 0.917. The molecular formula is C13H21N. The van der Waals surface area contributed by atoms with Crippen molar-refractivity contribution in [1.29, 1.82) is 0 Å². The van der Waals surface area contributed by atoms with Crippen LogP contribution in [0.1, 0.15) is 20.8 Å². The standard InChI is InChI=1S/C13H21N/c1-6-13(4)9-7-8-10-14(5)11-12(2)3/h6,8-9H,2,10-11H2,1,3-5H3/b13-6+. The molecule has 0 N–H and O–H groups in total. The van der Waals surface area contributed by atoms with Gasteiger partial charge in [-0.2, -0.15) is 0 Å². The fraction of sp³-hybridized carbons (Fsp3) is 0.462. The van der Waals surface area contributed by atoms with Crippen LogP contribution in [0.5, 0.6) is 0 Å². The quantitative estimate of drug-likeness (QED) is 0.366. The zero-order valence-electron chi connectivity index (χ0n) is 9.80. The van der Waals surface area contributed by atoms with Crippen molar-refractivity contribution in [2.75, 3.05) is 20.1 Å². The van der Waals surface area contributed by atoms with Gasteiger partial charge in [0.2, 0.25) is 0 Å². The normalized spacial score (nSPS) is 11.1. The molecule has 0 aliphatic heterocycles. The van der Waals surface area contributed by atoms with Crippen molar-refractivity contribution in [3.8, 4) is 0 Å². The van der Waals surface area contributed by atoms with Gasteiger partial charge in [0.1, 0.15) is 0 Å². The Morgan fingerprint density at radius 3 is 2.57 bits per heavy atom. The maximum atomic E-state index is 3.87. The van der Waals surface area contributed by atoms with Gasteiger partial charge in [-0.3, -0.25) is 4.90 Å². The molecule has 0 aromatic carbocycles. The first-order valence-electron chi connectivity index (χ1n) is 4.93. The van der Waals surface area contributed by atoms with Crippen LogP contribution in [0.3, 0.4) is 0 Å². The molecule has 0 amide bonds. The summed E-state index contributed by atoms with van der Waals surface area (Å²) in [5.74, 6) is 0. The predicted octanol–water partition coefficient (Wildman–Crippen LogP) is 3.17. The van der Waals surface area contributed by atoms with Gasteiger partial charge < -0.3 is 0 Å². The first-order valence-corrected chi connectivity index (χ1v) is 4.93. The van der Waals surface area contributed by atoms with E-state index in [2.05, 4.69) is 37.3 Å². The summed E-state index contributed by atoms with van der Waals surface area (Å²) in [6.45, 7) is 11.9. The van der Waals surface area contributed by atoms with E-state index in [1.807, 2.05) is 26.0 Å². The smallest absolute Gasteiger partial charge is 0.0238 e. The number of nitrogens with zero attached hydrogens (tertiary/aromatic N) is 1. The monoisotopic (exact) mass is 191 g/mol. The van der Waals surface area contributed by atoms with Gasteiger partial charge in [-0.15, -0.1) is 5.73 Å². The molecule has 0 saturated carbocycles. The maximum Gasteiger partial charge on any atom is 0.0238 e. The molecule has 0 saturated heterocycles. The van der Waals surface area contributed by atoms with Gasteiger partial charge in [-0.25, -0.2) is 0 Å². The third-order valence-corrected chi connectivity index (χ3v) is 1.83. The van der Waals surface area contributed by atoms with Crippen LogP contribution < -0.4 is 0 Å². The van der Waals surface area contributed by atoms with Gasteiger partial charge in [0, 0.05) is 13.1 Å². The van der Waals surface area contributed by atoms with Crippen LogP contribution in [0.25, 0.3) is 0 Å². The molecule has 0 unspecified atom stereocenters. The molecule has 78 valence electrons. The number of rotatable bonds is 5. The van der Waals surface area contributed by atoms with Crippen molar-refractivity contribution in [3.05, 3.63) is 41.7 Å².